The zero-order valence-electron chi connectivity index (χ0n) is 39.8. The lowest BCUT2D eigenvalue weighted by molar-refractivity contribution is -0.126. The van der Waals surface area contributed by atoms with Crippen LogP contribution < -0.4 is 22.1 Å². The predicted molar refractivity (Wildman–Crippen MR) is 246 cm³/mol. The molecule has 2 aliphatic rings. The molecule has 64 heavy (non-hydrogen) atoms. The SMILES string of the molecule is C=CCNC(=O)C(C)(C)N=NC(C)(C)C(=O)C=C.C=N.CCCCNC(=O)C(C)(C)N=NC(C)(C)C(C)=O.NC(=O)N=NC(N)=O.[C-]#[N+]C1(N=NC2(C#N)CCCCC2)CCCCC1. The first kappa shape index (κ1) is 62.0. The molecule has 21 heteroatoms. The van der Waals surface area contributed by atoms with Gasteiger partial charge in [0.05, 0.1) is 6.07 Å². The number of azo groups is 4. The highest BCUT2D eigenvalue weighted by atomic mass is 16.2. The molecule has 7 N–H and O–H groups in total. The van der Waals surface area contributed by atoms with Gasteiger partial charge in [0.1, 0.15) is 11.1 Å². The lowest BCUT2D eigenvalue weighted by atomic mass is 9.84. The van der Waals surface area contributed by atoms with Crippen LogP contribution in [0, 0.1) is 23.3 Å². The summed E-state index contributed by atoms with van der Waals surface area (Å²) in [7, 11) is 0. The minimum absolute atomic E-state index is 0.0755. The van der Waals surface area contributed by atoms with Crippen molar-refractivity contribution in [3.63, 3.8) is 0 Å². The first-order chi connectivity index (χ1) is 29.7. The maximum absolute atomic E-state index is 11.9. The summed E-state index contributed by atoms with van der Waals surface area (Å²) in [4.78, 5) is 69.5. The van der Waals surface area contributed by atoms with E-state index in [2.05, 4.69) is 101 Å². The van der Waals surface area contributed by atoms with Crippen molar-refractivity contribution in [1.29, 1.82) is 10.7 Å². The standard InChI is InChI=1S/C14H20N4.C13H25N3O2.C13H21N3O2.C2H4N4O2.CH3N/c1-16-14(10-6-3-7-11-14)18-17-13(12-15)8-4-2-5-9-13;1-7-8-9-14-11(18)13(5,6)16-15-12(3,4)10(2)17;1-7-9-14-11(18)13(5,6)16-15-12(3,4)10(17)8-2;3-1(7)5-6-2(4)8;1-2/h2-11H2;7-9H2,1-6H3,(H,14,18);7-8H,1-2,9H2,3-6H3,(H,14,18);(H2,3,7)(H2,4,8);2H,1H2. The van der Waals surface area contributed by atoms with Crippen molar-refractivity contribution in [3.8, 4) is 6.07 Å². The summed E-state index contributed by atoms with van der Waals surface area (Å²) < 4.78 is 0. The fourth-order valence-electron chi connectivity index (χ4n) is 4.95. The fraction of sp³-hybridized carbons (Fsp3) is 0.698. The number of hydrogen-bond acceptors (Lipinski definition) is 14. The van der Waals surface area contributed by atoms with Crippen molar-refractivity contribution < 1.29 is 28.8 Å². The van der Waals surface area contributed by atoms with Gasteiger partial charge in [0.25, 0.3) is 0 Å². The number of urea groups is 2. The molecular weight excluding hydrogens is 823 g/mol. The van der Waals surface area contributed by atoms with Crippen molar-refractivity contribution in [1.82, 2.24) is 10.6 Å². The normalized spacial score (nSPS) is 15.7. The Bertz CT molecular complexity index is 1700. The zero-order valence-corrected chi connectivity index (χ0v) is 39.8. The average Bonchev–Trinajstić information content (AvgIpc) is 3.27. The van der Waals surface area contributed by atoms with E-state index in [4.69, 9.17) is 12.0 Å². The van der Waals surface area contributed by atoms with Gasteiger partial charge >= 0.3 is 17.7 Å². The molecule has 0 aromatic heterocycles. The van der Waals surface area contributed by atoms with Gasteiger partial charge in [-0.05, 0) is 120 Å². The van der Waals surface area contributed by atoms with Crippen LogP contribution in [0.1, 0.15) is 146 Å². The second kappa shape index (κ2) is 30.7. The van der Waals surface area contributed by atoms with E-state index in [1.165, 1.54) is 25.8 Å². The largest absolute Gasteiger partial charge is 0.357 e. The number of nitrogens with zero attached hydrogens (tertiary/aromatic N) is 10. The van der Waals surface area contributed by atoms with Crippen LogP contribution >= 0.6 is 0 Å². The summed E-state index contributed by atoms with van der Waals surface area (Å²) >= 11 is 0. The summed E-state index contributed by atoms with van der Waals surface area (Å²) in [5.74, 6) is -0.756. The first-order valence-electron chi connectivity index (χ1n) is 21.0. The van der Waals surface area contributed by atoms with E-state index >= 15 is 0 Å². The van der Waals surface area contributed by atoms with Crippen LogP contribution in [0.3, 0.4) is 0 Å². The van der Waals surface area contributed by atoms with Gasteiger partial charge in [0.2, 0.25) is 11.8 Å². The highest BCUT2D eigenvalue weighted by Crippen LogP contribution is 2.37. The van der Waals surface area contributed by atoms with E-state index in [1.54, 1.807) is 61.5 Å². The molecule has 2 saturated carbocycles. The minimum atomic E-state index is -1.04. The van der Waals surface area contributed by atoms with E-state index in [9.17, 15) is 34.0 Å². The minimum Gasteiger partial charge on any atom is -0.354 e. The molecule has 2 fully saturated rings. The highest BCUT2D eigenvalue weighted by molar-refractivity contribution is 5.96. The fourth-order valence-corrected chi connectivity index (χ4v) is 4.95. The van der Waals surface area contributed by atoms with Gasteiger partial charge in [-0.15, -0.1) is 11.7 Å². The quantitative estimate of drug-likeness (QED) is 0.0250. The van der Waals surface area contributed by atoms with E-state index in [-0.39, 0.29) is 23.4 Å². The Morgan fingerprint density at radius 2 is 1.16 bits per heavy atom. The molecule has 0 bridgehead atoms. The van der Waals surface area contributed by atoms with Crippen LogP contribution in [-0.4, -0.2) is 88.6 Å². The van der Waals surface area contributed by atoms with Crippen molar-refractivity contribution in [2.45, 2.75) is 180 Å². The average molecular weight is 896 g/mol. The van der Waals surface area contributed by atoms with Gasteiger partial charge in [0, 0.05) is 25.9 Å². The molecule has 0 atom stereocenters. The maximum Gasteiger partial charge on any atom is 0.357 e. The van der Waals surface area contributed by atoms with Gasteiger partial charge < -0.3 is 27.5 Å². The zero-order chi connectivity index (χ0) is 50.3. The number of nitrogens with one attached hydrogen (secondary N) is 3. The molecule has 21 nitrogen and oxygen atoms in total. The van der Waals surface area contributed by atoms with Crippen molar-refractivity contribution in [2.24, 2.45) is 52.4 Å². The van der Waals surface area contributed by atoms with Crippen LogP contribution in [0.25, 0.3) is 4.85 Å². The number of Topliss-reactive ketones (excluding diaryl/α,β-unsaturated/α-hetero) is 1. The van der Waals surface area contributed by atoms with Crippen LogP contribution in [-0.2, 0) is 19.2 Å². The number of carbonyl (C=O) groups is 6. The van der Waals surface area contributed by atoms with E-state index in [0.717, 1.165) is 64.2 Å². The number of nitrogens with two attached hydrogens (primary N) is 2. The second-order valence-corrected chi connectivity index (χ2v) is 16.8. The summed E-state index contributed by atoms with van der Waals surface area (Å²) in [6, 6.07) is 0.259. The molecule has 0 radical (unpaired) electrons. The molecule has 6 amide bonds. The maximum atomic E-state index is 11.9. The molecule has 356 valence electrons. The van der Waals surface area contributed by atoms with Gasteiger partial charge in [0.15, 0.2) is 28.2 Å². The Morgan fingerprint density at radius 3 is 1.53 bits per heavy atom. The summed E-state index contributed by atoms with van der Waals surface area (Å²) in [5.41, 5.74) is 3.74. The molecule has 0 aromatic rings. The Labute approximate surface area is 379 Å². The van der Waals surface area contributed by atoms with Crippen LogP contribution in [0.2, 0.25) is 0 Å². The molecule has 0 heterocycles. The van der Waals surface area contributed by atoms with E-state index < -0.39 is 45.4 Å². The highest BCUT2D eigenvalue weighted by Gasteiger charge is 2.41. The Kier molecular flexibility index (Phi) is 29.8. The Balaban J connectivity index is -0.000000789. The lowest BCUT2D eigenvalue weighted by Gasteiger charge is -2.27. The topological polar surface area (TPSA) is 329 Å². The number of ketones is 2. The van der Waals surface area contributed by atoms with Crippen molar-refractivity contribution >= 4 is 42.2 Å². The predicted octanol–water partition coefficient (Wildman–Crippen LogP) is 8.66. The van der Waals surface area contributed by atoms with Crippen LogP contribution in [0.4, 0.5) is 9.59 Å². The lowest BCUT2D eigenvalue weighted by Crippen LogP contribution is -2.41. The molecule has 0 aliphatic heterocycles. The van der Waals surface area contributed by atoms with Gasteiger partial charge in [-0.2, -0.15) is 30.8 Å². The number of rotatable bonds is 16. The first-order valence-corrected chi connectivity index (χ1v) is 21.0. The van der Waals surface area contributed by atoms with Gasteiger partial charge in [-0.1, -0.05) is 49.1 Å². The third kappa shape index (κ3) is 25.6. The third-order valence-electron chi connectivity index (χ3n) is 9.51. The van der Waals surface area contributed by atoms with E-state index in [1.807, 2.05) is 0 Å². The Hall–Kier alpha value is -6.25. The van der Waals surface area contributed by atoms with Crippen LogP contribution in [0.5, 0.6) is 0 Å². The smallest absolute Gasteiger partial charge is 0.354 e. The van der Waals surface area contributed by atoms with Crippen molar-refractivity contribution in [3.05, 3.63) is 36.7 Å². The molecule has 0 aromatic carbocycles. The molecule has 0 spiro atoms. The number of carbonyl (C=O) groups excluding carboxylic acids is 6. The summed E-state index contributed by atoms with van der Waals surface area (Å²) in [5, 5.41) is 50.1. The number of amides is 6. The molecular formula is C43H73N15O6. The van der Waals surface area contributed by atoms with E-state index in [0.29, 0.717) is 13.1 Å². The number of unbranched alkanes of at least 4 members (excludes halogenated alkanes) is 1. The Morgan fingerprint density at radius 1 is 0.734 bits per heavy atom. The third-order valence-corrected chi connectivity index (χ3v) is 9.51. The molecule has 2 rings (SSSR count). The molecule has 2 aliphatic carbocycles. The summed E-state index contributed by atoms with van der Waals surface area (Å²) in [6.45, 7) is 34.6. The monoisotopic (exact) mass is 896 g/mol. The molecule has 0 unspecified atom stereocenters. The number of nitriles is 1. The number of hydrogen-bond donors (Lipinski definition) is 5. The van der Waals surface area contributed by atoms with Crippen molar-refractivity contribution in [2.75, 3.05) is 13.1 Å². The molecule has 0 saturated heterocycles. The number of primary amides is 2. The summed E-state index contributed by atoms with van der Waals surface area (Å²) in [6.07, 6.45) is 14.6. The van der Waals surface area contributed by atoms with Gasteiger partial charge in [-0.3, -0.25) is 24.0 Å². The second-order valence-electron chi connectivity index (χ2n) is 16.8. The van der Waals surface area contributed by atoms with Gasteiger partial charge in [-0.25, -0.2) is 16.2 Å². The van der Waals surface area contributed by atoms with Crippen LogP contribution in [0.15, 0.2) is 66.2 Å².